The molecule has 6 rings (SSSR count). The van der Waals surface area contributed by atoms with Gasteiger partial charge in [0.25, 0.3) is 0 Å². The van der Waals surface area contributed by atoms with Gasteiger partial charge in [-0.1, -0.05) is 24.3 Å². The maximum atomic E-state index is 13.1. The molecule has 0 spiro atoms. The molecule has 3 aromatic carbocycles. The third-order valence-corrected chi connectivity index (χ3v) is 8.25. The minimum Gasteiger partial charge on any atom is -0.468 e. The summed E-state index contributed by atoms with van der Waals surface area (Å²) in [5.41, 5.74) is 5.54. The molecular weight excluding hydrogens is 532 g/mol. The quantitative estimate of drug-likeness (QED) is 0.167. The highest BCUT2D eigenvalue weighted by molar-refractivity contribution is 7.89. The Labute approximate surface area is 231 Å². The van der Waals surface area contributed by atoms with Gasteiger partial charge in [0.1, 0.15) is 17.3 Å². The fourth-order valence-electron chi connectivity index (χ4n) is 4.34. The number of amides is 1. The second-order valence-electron chi connectivity index (χ2n) is 8.82. The van der Waals surface area contributed by atoms with Gasteiger partial charge in [0.2, 0.25) is 16.4 Å². The van der Waals surface area contributed by atoms with Crippen LogP contribution in [0.2, 0.25) is 0 Å². The van der Waals surface area contributed by atoms with E-state index >= 15 is 0 Å². The highest BCUT2D eigenvalue weighted by Crippen LogP contribution is 2.29. The van der Waals surface area contributed by atoms with Crippen LogP contribution in [-0.4, -0.2) is 40.4 Å². The monoisotopic (exact) mass is 558 g/mol. The molecule has 2 aromatic heterocycles. The predicted octanol–water partition coefficient (Wildman–Crippen LogP) is 4.79. The number of carbonyl (C=O) groups is 1. The molecule has 1 aliphatic heterocycles. The average Bonchev–Trinajstić information content (AvgIpc) is 3.71. The Bertz CT molecular complexity index is 1650. The van der Waals surface area contributed by atoms with E-state index in [-0.39, 0.29) is 17.9 Å². The summed E-state index contributed by atoms with van der Waals surface area (Å²) >= 11 is 0. The van der Waals surface area contributed by atoms with Crippen LogP contribution in [0.1, 0.15) is 11.3 Å². The van der Waals surface area contributed by atoms with E-state index in [0.29, 0.717) is 30.2 Å². The first-order valence-corrected chi connectivity index (χ1v) is 13.8. The molecule has 0 bridgehead atoms. The van der Waals surface area contributed by atoms with Crippen molar-refractivity contribution in [1.29, 1.82) is 0 Å². The van der Waals surface area contributed by atoms with E-state index in [9.17, 15) is 8.42 Å². The molecule has 0 radical (unpaired) electrons. The molecule has 5 aromatic rings. The van der Waals surface area contributed by atoms with E-state index in [1.807, 2.05) is 41.1 Å². The predicted molar refractivity (Wildman–Crippen MR) is 147 cm³/mol. The first-order valence-electron chi connectivity index (χ1n) is 12.3. The fraction of sp³-hybridized carbons (Fsp3) is 0.103. The van der Waals surface area contributed by atoms with Gasteiger partial charge in [-0.2, -0.15) is 4.31 Å². The Morgan fingerprint density at radius 2 is 1.55 bits per heavy atom. The van der Waals surface area contributed by atoms with Crippen molar-refractivity contribution >= 4 is 16.4 Å². The summed E-state index contributed by atoms with van der Waals surface area (Å²) in [5.74, 6) is 1.95. The summed E-state index contributed by atoms with van der Waals surface area (Å²) in [6.07, 6.45) is 7.87. The van der Waals surface area contributed by atoms with E-state index in [4.69, 9.17) is 19.2 Å². The summed E-state index contributed by atoms with van der Waals surface area (Å²) in [7, 11) is -3.61. The lowest BCUT2D eigenvalue weighted by atomic mass is 10.1. The second kappa shape index (κ2) is 12.0. The number of benzene rings is 3. The topological polar surface area (TPSA) is 127 Å². The Morgan fingerprint density at radius 1 is 0.925 bits per heavy atom. The molecule has 11 heteroatoms. The van der Waals surface area contributed by atoms with Gasteiger partial charge in [-0.25, -0.2) is 18.9 Å². The first-order chi connectivity index (χ1) is 19.5. The number of furan rings is 1. The molecule has 0 saturated heterocycles. The second-order valence-corrected chi connectivity index (χ2v) is 10.8. The van der Waals surface area contributed by atoms with Gasteiger partial charge in [-0.05, 0) is 77.7 Å². The van der Waals surface area contributed by atoms with Crippen LogP contribution < -0.4 is 10.2 Å². The van der Waals surface area contributed by atoms with Crippen molar-refractivity contribution in [3.8, 4) is 28.3 Å². The van der Waals surface area contributed by atoms with E-state index < -0.39 is 10.0 Å². The standard InChI is InChI=1S/C28H23N3O4S.CH3NO2/c32-36(33,31-16-13-23-14-18-34-28(23)19-31)27-11-9-26(10-12-27)35-25-7-3-22(4-8-25)21-1-5-24(6-2-21)30-17-15-29-20-30;3-1-2-4/h1-12,14-15,17-18,20H,13,16,19H2;1,4H,(H,2,3). The third kappa shape index (κ3) is 5.96. The SMILES string of the molecule is O=CNO.O=S(=O)(c1ccc(Oc2ccc(-c3ccc(-n4ccnc4)cc3)cc2)cc1)N1CCc2ccoc2C1. The number of aromatic nitrogens is 2. The number of nitrogens with one attached hydrogen (secondary N) is 1. The van der Waals surface area contributed by atoms with Crippen molar-refractivity contribution in [3.05, 3.63) is 115 Å². The molecular formula is C29H26N4O6S. The number of sulfonamides is 1. The minimum absolute atomic E-state index is 0.181. The van der Waals surface area contributed by atoms with E-state index in [2.05, 4.69) is 29.2 Å². The van der Waals surface area contributed by atoms with Crippen LogP contribution >= 0.6 is 0 Å². The van der Waals surface area contributed by atoms with Gasteiger partial charge in [-0.15, -0.1) is 0 Å². The molecule has 40 heavy (non-hydrogen) atoms. The van der Waals surface area contributed by atoms with Crippen LogP contribution in [0.3, 0.4) is 0 Å². The van der Waals surface area contributed by atoms with Gasteiger partial charge in [0, 0.05) is 24.6 Å². The molecule has 204 valence electrons. The number of imidazole rings is 1. The normalized spacial score (nSPS) is 13.0. The van der Waals surface area contributed by atoms with E-state index in [1.54, 1.807) is 43.1 Å². The molecule has 1 amide bonds. The van der Waals surface area contributed by atoms with Gasteiger partial charge < -0.3 is 13.7 Å². The minimum atomic E-state index is -3.61. The van der Waals surface area contributed by atoms with Gasteiger partial charge in [0.15, 0.2) is 0 Å². The van der Waals surface area contributed by atoms with Crippen molar-refractivity contribution < 1.29 is 27.6 Å². The highest BCUT2D eigenvalue weighted by Gasteiger charge is 2.29. The van der Waals surface area contributed by atoms with Crippen LogP contribution in [0.15, 0.2) is 113 Å². The molecule has 2 N–H and O–H groups in total. The molecule has 0 aliphatic carbocycles. The van der Waals surface area contributed by atoms with E-state index in [0.717, 1.165) is 22.4 Å². The van der Waals surface area contributed by atoms with Gasteiger partial charge in [-0.3, -0.25) is 10.0 Å². The van der Waals surface area contributed by atoms with Gasteiger partial charge in [0.05, 0.1) is 24.0 Å². The summed E-state index contributed by atoms with van der Waals surface area (Å²) in [5, 5.41) is 7.26. The zero-order chi connectivity index (χ0) is 28.0. The fourth-order valence-corrected chi connectivity index (χ4v) is 5.73. The number of hydrogen-bond acceptors (Lipinski definition) is 7. The van der Waals surface area contributed by atoms with Crippen LogP contribution in [0.25, 0.3) is 16.8 Å². The number of rotatable bonds is 7. The number of fused-ring (bicyclic) bond motifs is 1. The Balaban J connectivity index is 0.000000758. The zero-order valence-corrected chi connectivity index (χ0v) is 22.1. The summed E-state index contributed by atoms with van der Waals surface area (Å²) in [4.78, 5) is 13.1. The molecule has 0 atom stereocenters. The largest absolute Gasteiger partial charge is 0.468 e. The Morgan fingerprint density at radius 3 is 2.15 bits per heavy atom. The lowest BCUT2D eigenvalue weighted by Gasteiger charge is -2.25. The summed E-state index contributed by atoms with van der Waals surface area (Å²) in [6, 6.07) is 24.5. The summed E-state index contributed by atoms with van der Waals surface area (Å²) in [6.45, 7) is 0.688. The van der Waals surface area contributed by atoms with Crippen LogP contribution in [-0.2, 0) is 27.8 Å². The van der Waals surface area contributed by atoms with E-state index in [1.165, 1.54) is 9.79 Å². The smallest absolute Gasteiger partial charge is 0.243 e. The number of hydroxylamine groups is 1. The molecule has 10 nitrogen and oxygen atoms in total. The maximum Gasteiger partial charge on any atom is 0.243 e. The first kappa shape index (κ1) is 26.9. The van der Waals surface area contributed by atoms with Crippen molar-refractivity contribution in [3.63, 3.8) is 0 Å². The van der Waals surface area contributed by atoms with Crippen molar-refractivity contribution in [2.75, 3.05) is 6.54 Å². The number of carbonyl (C=O) groups excluding carboxylic acids is 1. The van der Waals surface area contributed by atoms with Crippen LogP contribution in [0.5, 0.6) is 11.5 Å². The van der Waals surface area contributed by atoms with Crippen LogP contribution in [0.4, 0.5) is 0 Å². The zero-order valence-electron chi connectivity index (χ0n) is 21.3. The lowest BCUT2D eigenvalue weighted by molar-refractivity contribution is -0.116. The highest BCUT2D eigenvalue weighted by atomic mass is 32.2. The number of nitrogens with zero attached hydrogens (tertiary/aromatic N) is 3. The molecule has 0 fully saturated rings. The molecule has 1 aliphatic rings. The Kier molecular flexibility index (Phi) is 8.06. The number of hydrogen-bond donors (Lipinski definition) is 2. The maximum absolute atomic E-state index is 13.1. The van der Waals surface area contributed by atoms with Crippen molar-refractivity contribution in [2.45, 2.75) is 17.9 Å². The molecule has 0 unspecified atom stereocenters. The lowest BCUT2D eigenvalue weighted by Crippen LogP contribution is -2.35. The van der Waals surface area contributed by atoms with Crippen LogP contribution in [0, 0.1) is 0 Å². The average molecular weight is 559 g/mol. The van der Waals surface area contributed by atoms with Crippen molar-refractivity contribution in [2.24, 2.45) is 0 Å². The Hall–Kier alpha value is -4.71. The van der Waals surface area contributed by atoms with Gasteiger partial charge >= 0.3 is 0 Å². The summed E-state index contributed by atoms with van der Waals surface area (Å²) < 4.78 is 41.0. The molecule has 0 saturated carbocycles. The van der Waals surface area contributed by atoms with Crippen molar-refractivity contribution in [1.82, 2.24) is 19.3 Å². The number of ether oxygens (including phenoxy) is 1. The molecule has 3 heterocycles. The third-order valence-electron chi connectivity index (χ3n) is 6.40.